The average molecular weight is 510 g/mol. The van der Waals surface area contributed by atoms with Crippen molar-refractivity contribution in [3.05, 3.63) is 35.4 Å². The van der Waals surface area contributed by atoms with Gasteiger partial charge in [-0.05, 0) is 101 Å². The summed E-state index contributed by atoms with van der Waals surface area (Å²) in [6, 6.07) is 9.59. The van der Waals surface area contributed by atoms with Gasteiger partial charge in [-0.15, -0.1) is 0 Å². The van der Waals surface area contributed by atoms with Gasteiger partial charge in [0.25, 0.3) is 0 Å². The molecule has 37 heavy (non-hydrogen) atoms. The number of likely N-dealkylation sites (tertiary alicyclic amines) is 1. The van der Waals surface area contributed by atoms with Crippen LogP contribution in [0.2, 0.25) is 0 Å². The number of nitrogens with zero attached hydrogens (tertiary/aromatic N) is 3. The van der Waals surface area contributed by atoms with E-state index in [-0.39, 0.29) is 23.7 Å². The van der Waals surface area contributed by atoms with E-state index in [0.717, 1.165) is 64.7 Å². The molecule has 202 valence electrons. The zero-order chi connectivity index (χ0) is 25.4. The molecule has 4 aliphatic heterocycles. The normalized spacial score (nSPS) is 29.7. The summed E-state index contributed by atoms with van der Waals surface area (Å²) in [6.07, 6.45) is 10.9. The third kappa shape index (κ3) is 4.96. The zero-order valence-corrected chi connectivity index (χ0v) is 22.4. The van der Waals surface area contributed by atoms with Gasteiger partial charge in [-0.1, -0.05) is 24.3 Å². The van der Waals surface area contributed by atoms with Crippen LogP contribution >= 0.6 is 0 Å². The number of amides is 2. The van der Waals surface area contributed by atoms with E-state index in [9.17, 15) is 9.59 Å². The fourth-order valence-electron chi connectivity index (χ4n) is 8.05. The van der Waals surface area contributed by atoms with Crippen molar-refractivity contribution in [1.29, 1.82) is 0 Å². The van der Waals surface area contributed by atoms with Crippen LogP contribution in [0, 0.1) is 5.92 Å². The predicted molar refractivity (Wildman–Crippen MR) is 141 cm³/mol. The molecule has 0 radical (unpaired) electrons. The van der Waals surface area contributed by atoms with Gasteiger partial charge in [-0.25, -0.2) is 9.59 Å². The van der Waals surface area contributed by atoms with Crippen molar-refractivity contribution in [3.63, 3.8) is 0 Å². The first-order valence-electron chi connectivity index (χ1n) is 14.8. The second-order valence-corrected chi connectivity index (χ2v) is 12.2. The molecule has 0 N–H and O–H groups in total. The minimum Gasteiger partial charge on any atom is -0.450 e. The first kappa shape index (κ1) is 25.0. The molecule has 7 nitrogen and oxygen atoms in total. The molecule has 4 heterocycles. The van der Waals surface area contributed by atoms with Gasteiger partial charge in [0.2, 0.25) is 0 Å². The highest BCUT2D eigenvalue weighted by Crippen LogP contribution is 2.44. The molecule has 7 rings (SSSR count). The molecule has 1 aromatic rings. The molecule has 7 heteroatoms. The molecule has 3 atom stereocenters. The van der Waals surface area contributed by atoms with Gasteiger partial charge in [0.05, 0.1) is 6.61 Å². The van der Waals surface area contributed by atoms with Gasteiger partial charge in [-0.3, -0.25) is 0 Å². The third-order valence-corrected chi connectivity index (χ3v) is 10.00. The summed E-state index contributed by atoms with van der Waals surface area (Å²) in [6.45, 7) is 6.69. The van der Waals surface area contributed by atoms with Gasteiger partial charge in [0, 0.05) is 37.1 Å². The number of hydrogen-bond acceptors (Lipinski definition) is 5. The van der Waals surface area contributed by atoms with Gasteiger partial charge in [0.1, 0.15) is 6.10 Å². The maximum absolute atomic E-state index is 13.2. The van der Waals surface area contributed by atoms with Crippen LogP contribution in [0.1, 0.15) is 82.3 Å². The van der Waals surface area contributed by atoms with Crippen molar-refractivity contribution in [1.82, 2.24) is 14.7 Å². The molecular weight excluding hydrogens is 466 g/mol. The number of rotatable bonds is 3. The van der Waals surface area contributed by atoms with Crippen LogP contribution < -0.4 is 0 Å². The van der Waals surface area contributed by atoms with Crippen molar-refractivity contribution in [2.75, 3.05) is 32.8 Å². The summed E-state index contributed by atoms with van der Waals surface area (Å²) >= 11 is 0. The van der Waals surface area contributed by atoms with Gasteiger partial charge in [-0.2, -0.15) is 0 Å². The number of carbonyl (C=O) groups excluding carboxylic acids is 2. The lowest BCUT2D eigenvalue weighted by Gasteiger charge is -2.50. The molecule has 3 saturated heterocycles. The minimum atomic E-state index is -0.126. The van der Waals surface area contributed by atoms with Gasteiger partial charge < -0.3 is 24.2 Å². The first-order valence-corrected chi connectivity index (χ1v) is 14.8. The molecule has 3 unspecified atom stereocenters. The van der Waals surface area contributed by atoms with E-state index in [4.69, 9.17) is 9.47 Å². The molecule has 2 bridgehead atoms. The first-order chi connectivity index (χ1) is 18.0. The van der Waals surface area contributed by atoms with Crippen LogP contribution in [0.5, 0.6) is 0 Å². The molecule has 5 fully saturated rings. The Kier molecular flexibility index (Phi) is 7.08. The molecule has 1 aromatic carbocycles. The van der Waals surface area contributed by atoms with Crippen molar-refractivity contribution in [3.8, 4) is 0 Å². The molecule has 2 saturated carbocycles. The molecular formula is C30H43N3O4. The average Bonchev–Trinajstić information content (AvgIpc) is 3.25. The van der Waals surface area contributed by atoms with Crippen LogP contribution in [-0.4, -0.2) is 77.9 Å². The number of hydrogen-bond donors (Lipinski definition) is 0. The Balaban J connectivity index is 1.15. The number of carbonyl (C=O) groups is 2. The maximum atomic E-state index is 13.2. The van der Waals surface area contributed by atoms with Crippen molar-refractivity contribution in [2.45, 2.75) is 101 Å². The molecule has 0 aromatic heterocycles. The van der Waals surface area contributed by atoms with Gasteiger partial charge in [0.15, 0.2) is 0 Å². The Hall–Kier alpha value is -2.28. The van der Waals surface area contributed by atoms with Crippen LogP contribution in [0.4, 0.5) is 9.59 Å². The van der Waals surface area contributed by atoms with Crippen molar-refractivity contribution >= 4 is 12.2 Å². The Labute approximate surface area is 221 Å². The molecule has 1 spiro atoms. The number of ether oxygens (including phenoxy) is 2. The predicted octanol–water partition coefficient (Wildman–Crippen LogP) is 5.31. The zero-order valence-electron chi connectivity index (χ0n) is 22.4. The van der Waals surface area contributed by atoms with E-state index < -0.39 is 0 Å². The van der Waals surface area contributed by atoms with Crippen LogP contribution in [0.15, 0.2) is 24.3 Å². The second kappa shape index (κ2) is 10.5. The number of benzene rings is 1. The molecule has 2 aliphatic carbocycles. The Bertz CT molecular complexity index is 985. The Morgan fingerprint density at radius 3 is 2.54 bits per heavy atom. The van der Waals surface area contributed by atoms with E-state index in [2.05, 4.69) is 29.2 Å². The monoisotopic (exact) mass is 509 g/mol. The fraction of sp³-hybridized carbons (Fsp3) is 0.733. The van der Waals surface area contributed by atoms with Crippen molar-refractivity contribution in [2.24, 2.45) is 5.92 Å². The quantitative estimate of drug-likeness (QED) is 0.552. The van der Waals surface area contributed by atoms with E-state index >= 15 is 0 Å². The number of fused-ring (bicyclic) bond motifs is 6. The molecule has 2 amide bonds. The Morgan fingerprint density at radius 2 is 1.76 bits per heavy atom. The summed E-state index contributed by atoms with van der Waals surface area (Å²) in [4.78, 5) is 32.5. The number of piperidine rings is 2. The highest BCUT2D eigenvalue weighted by Gasteiger charge is 2.46. The Morgan fingerprint density at radius 1 is 0.973 bits per heavy atom. The SMILES string of the molecule is CCOC(=O)N1CC2CCC1CC(N1CCC3(CC1)CN(C(=O)OC1CCCC1)Cc1ccccc13)C2. The maximum Gasteiger partial charge on any atom is 0.410 e. The fourth-order valence-corrected chi connectivity index (χ4v) is 8.05. The lowest BCUT2D eigenvalue weighted by molar-refractivity contribution is 0.0345. The summed E-state index contributed by atoms with van der Waals surface area (Å²) < 4.78 is 11.3. The largest absolute Gasteiger partial charge is 0.450 e. The highest BCUT2D eigenvalue weighted by molar-refractivity contribution is 5.69. The van der Waals surface area contributed by atoms with Crippen LogP contribution in [0.3, 0.4) is 0 Å². The van der Waals surface area contributed by atoms with Crippen LogP contribution in [0.25, 0.3) is 0 Å². The summed E-state index contributed by atoms with van der Waals surface area (Å²) in [5.41, 5.74) is 2.72. The smallest absolute Gasteiger partial charge is 0.410 e. The van der Waals surface area contributed by atoms with E-state index in [1.807, 2.05) is 16.7 Å². The third-order valence-electron chi connectivity index (χ3n) is 10.00. The topological polar surface area (TPSA) is 62.3 Å². The highest BCUT2D eigenvalue weighted by atomic mass is 16.6. The van der Waals surface area contributed by atoms with Gasteiger partial charge >= 0.3 is 12.2 Å². The van der Waals surface area contributed by atoms with E-state index in [0.29, 0.717) is 31.2 Å². The lowest BCUT2D eigenvalue weighted by Crippen LogP contribution is -2.55. The van der Waals surface area contributed by atoms with E-state index in [1.54, 1.807) is 0 Å². The van der Waals surface area contributed by atoms with Crippen molar-refractivity contribution < 1.29 is 19.1 Å². The van der Waals surface area contributed by atoms with Crippen LogP contribution in [-0.2, 0) is 21.4 Å². The summed E-state index contributed by atoms with van der Waals surface area (Å²) in [5, 5.41) is 0. The summed E-state index contributed by atoms with van der Waals surface area (Å²) in [7, 11) is 0. The minimum absolute atomic E-state index is 0.000712. The lowest BCUT2D eigenvalue weighted by atomic mass is 9.68. The van der Waals surface area contributed by atoms with E-state index in [1.165, 1.54) is 36.8 Å². The summed E-state index contributed by atoms with van der Waals surface area (Å²) in [5.74, 6) is 0.570. The molecule has 6 aliphatic rings. The second-order valence-electron chi connectivity index (χ2n) is 12.2. The standard InChI is InChI=1S/C30H43N3O4/c1-2-36-29(35)33-19-22-11-12-24(33)18-25(17-22)31-15-13-30(14-16-31)21-32(20-23-7-3-6-10-27(23)30)28(34)37-26-8-4-5-9-26/h3,6-7,10,22,24-26H,2,4-5,8-9,11-21H2,1H3.